The van der Waals surface area contributed by atoms with Gasteiger partial charge < -0.3 is 9.15 Å². The van der Waals surface area contributed by atoms with E-state index in [2.05, 4.69) is 5.43 Å². The molecule has 0 amide bonds. The van der Waals surface area contributed by atoms with E-state index in [1.807, 2.05) is 24.3 Å². The zero-order valence-corrected chi connectivity index (χ0v) is 10.8. The topological polar surface area (TPSA) is 60.4 Å². The van der Waals surface area contributed by atoms with Gasteiger partial charge in [-0.1, -0.05) is 17.7 Å². The molecule has 0 saturated heterocycles. The summed E-state index contributed by atoms with van der Waals surface area (Å²) in [7, 11) is 1.61. The summed E-state index contributed by atoms with van der Waals surface area (Å²) >= 11 is 5.94. The first-order valence-electron chi connectivity index (χ1n) is 5.56. The minimum absolute atomic E-state index is 0.0941. The van der Waals surface area contributed by atoms with Gasteiger partial charge in [-0.3, -0.25) is 11.3 Å². The Labute approximate surface area is 111 Å². The van der Waals surface area contributed by atoms with E-state index in [1.54, 1.807) is 19.4 Å². The van der Waals surface area contributed by atoms with E-state index in [0.29, 0.717) is 17.2 Å². The number of ether oxygens (including phenoxy) is 1. The van der Waals surface area contributed by atoms with Crippen molar-refractivity contribution in [2.75, 3.05) is 7.11 Å². The minimum Gasteiger partial charge on any atom is -0.496 e. The highest BCUT2D eigenvalue weighted by Crippen LogP contribution is 2.29. The highest BCUT2D eigenvalue weighted by Gasteiger charge is 2.16. The number of hydrogen-bond acceptors (Lipinski definition) is 4. The molecule has 3 N–H and O–H groups in total. The first kappa shape index (κ1) is 13.0. The fourth-order valence-electron chi connectivity index (χ4n) is 1.86. The fourth-order valence-corrected chi connectivity index (χ4v) is 2.02. The molecule has 1 heterocycles. The molecule has 0 fully saturated rings. The Bertz CT molecular complexity index is 500. The molecule has 0 aliphatic heterocycles. The third kappa shape index (κ3) is 2.85. The lowest BCUT2D eigenvalue weighted by Gasteiger charge is -2.18. The van der Waals surface area contributed by atoms with Crippen LogP contribution in [0.4, 0.5) is 0 Å². The van der Waals surface area contributed by atoms with Crippen LogP contribution in [0.15, 0.2) is 41.0 Å². The number of furan rings is 1. The molecule has 0 radical (unpaired) electrons. The van der Waals surface area contributed by atoms with Gasteiger partial charge in [-0.25, -0.2) is 0 Å². The average Bonchev–Trinajstić information content (AvgIpc) is 2.89. The molecule has 1 aromatic carbocycles. The molecule has 5 heteroatoms. The van der Waals surface area contributed by atoms with Crippen molar-refractivity contribution in [3.8, 4) is 5.75 Å². The van der Waals surface area contributed by atoms with Crippen LogP contribution in [0.1, 0.15) is 17.4 Å². The van der Waals surface area contributed by atoms with Crippen LogP contribution in [0.25, 0.3) is 0 Å². The molecule has 1 aromatic heterocycles. The summed E-state index contributed by atoms with van der Waals surface area (Å²) in [5, 5.41) is 0.629. The summed E-state index contributed by atoms with van der Waals surface area (Å²) in [5.41, 5.74) is 3.71. The monoisotopic (exact) mass is 266 g/mol. The van der Waals surface area contributed by atoms with E-state index in [4.69, 9.17) is 26.6 Å². The normalized spacial score (nSPS) is 12.4. The van der Waals surface area contributed by atoms with Crippen LogP contribution in [-0.2, 0) is 6.42 Å². The van der Waals surface area contributed by atoms with Gasteiger partial charge >= 0.3 is 0 Å². The number of benzene rings is 1. The molecular weight excluding hydrogens is 252 g/mol. The van der Waals surface area contributed by atoms with Crippen molar-refractivity contribution < 1.29 is 9.15 Å². The third-order valence-electron chi connectivity index (χ3n) is 2.76. The lowest BCUT2D eigenvalue weighted by atomic mass is 10.0. The molecule has 0 aliphatic carbocycles. The summed E-state index contributed by atoms with van der Waals surface area (Å²) in [5.74, 6) is 7.16. The standard InChI is InChI=1S/C13H15ClN2O2/c1-17-13-7-9(14)4-5-11(13)12(16-15)8-10-3-2-6-18-10/h2-7,12,16H,8,15H2,1H3. The smallest absolute Gasteiger partial charge is 0.125 e. The van der Waals surface area contributed by atoms with Crippen molar-refractivity contribution in [3.05, 3.63) is 52.9 Å². The van der Waals surface area contributed by atoms with Crippen LogP contribution in [-0.4, -0.2) is 7.11 Å². The largest absolute Gasteiger partial charge is 0.496 e. The Morgan fingerprint density at radius 1 is 1.44 bits per heavy atom. The number of hydrazine groups is 1. The fraction of sp³-hybridized carbons (Fsp3) is 0.231. The molecular formula is C13H15ClN2O2. The summed E-state index contributed by atoms with van der Waals surface area (Å²) in [4.78, 5) is 0. The SMILES string of the molecule is COc1cc(Cl)ccc1C(Cc1ccco1)NN. The van der Waals surface area contributed by atoms with Crippen LogP contribution in [0.3, 0.4) is 0 Å². The molecule has 2 rings (SSSR count). The quantitative estimate of drug-likeness (QED) is 0.645. The predicted octanol–water partition coefficient (Wildman–Crippen LogP) is 2.69. The Morgan fingerprint density at radius 3 is 2.89 bits per heavy atom. The van der Waals surface area contributed by atoms with Crippen molar-refractivity contribution in [2.24, 2.45) is 5.84 Å². The Kier molecular flexibility index (Phi) is 4.25. The summed E-state index contributed by atoms with van der Waals surface area (Å²) in [6, 6.07) is 9.14. The maximum absolute atomic E-state index is 5.94. The van der Waals surface area contributed by atoms with Crippen LogP contribution >= 0.6 is 11.6 Å². The second-order valence-corrected chi connectivity index (χ2v) is 4.33. The van der Waals surface area contributed by atoms with Crippen LogP contribution < -0.4 is 16.0 Å². The van der Waals surface area contributed by atoms with Crippen molar-refractivity contribution in [1.29, 1.82) is 0 Å². The van der Waals surface area contributed by atoms with E-state index in [1.165, 1.54) is 0 Å². The third-order valence-corrected chi connectivity index (χ3v) is 2.99. The number of rotatable bonds is 5. The number of methoxy groups -OCH3 is 1. The van der Waals surface area contributed by atoms with Crippen LogP contribution in [0.2, 0.25) is 5.02 Å². The minimum atomic E-state index is -0.0941. The maximum Gasteiger partial charge on any atom is 0.125 e. The van der Waals surface area contributed by atoms with Crippen molar-refractivity contribution in [2.45, 2.75) is 12.5 Å². The van der Waals surface area contributed by atoms with Crippen molar-refractivity contribution >= 4 is 11.6 Å². The van der Waals surface area contributed by atoms with Gasteiger partial charge in [-0.2, -0.15) is 0 Å². The molecule has 18 heavy (non-hydrogen) atoms. The van der Waals surface area contributed by atoms with Crippen LogP contribution in [0.5, 0.6) is 5.75 Å². The van der Waals surface area contributed by atoms with Gasteiger partial charge in [0, 0.05) is 17.0 Å². The van der Waals surface area contributed by atoms with Crippen molar-refractivity contribution in [1.82, 2.24) is 5.43 Å². The van der Waals surface area contributed by atoms with Crippen molar-refractivity contribution in [3.63, 3.8) is 0 Å². The van der Waals surface area contributed by atoms with E-state index >= 15 is 0 Å². The van der Waals surface area contributed by atoms with E-state index in [9.17, 15) is 0 Å². The molecule has 1 atom stereocenters. The Hall–Kier alpha value is -1.49. The second-order valence-electron chi connectivity index (χ2n) is 3.89. The Morgan fingerprint density at radius 2 is 2.28 bits per heavy atom. The predicted molar refractivity (Wildman–Crippen MR) is 70.5 cm³/mol. The number of halogens is 1. The molecule has 96 valence electrons. The molecule has 0 saturated carbocycles. The molecule has 4 nitrogen and oxygen atoms in total. The summed E-state index contributed by atoms with van der Waals surface area (Å²) in [6.07, 6.45) is 2.28. The van der Waals surface area contributed by atoms with E-state index < -0.39 is 0 Å². The molecule has 0 bridgehead atoms. The number of hydrogen-bond donors (Lipinski definition) is 2. The first-order valence-corrected chi connectivity index (χ1v) is 5.94. The van der Waals surface area contributed by atoms with Gasteiger partial charge in [0.25, 0.3) is 0 Å². The highest BCUT2D eigenvalue weighted by atomic mass is 35.5. The average molecular weight is 267 g/mol. The lowest BCUT2D eigenvalue weighted by molar-refractivity contribution is 0.393. The lowest BCUT2D eigenvalue weighted by Crippen LogP contribution is -2.29. The highest BCUT2D eigenvalue weighted by molar-refractivity contribution is 6.30. The zero-order valence-electron chi connectivity index (χ0n) is 10.0. The first-order chi connectivity index (χ1) is 8.74. The molecule has 1 unspecified atom stereocenters. The van der Waals surface area contributed by atoms with Gasteiger partial charge in [0.05, 0.1) is 19.4 Å². The summed E-state index contributed by atoms with van der Waals surface area (Å²) < 4.78 is 10.6. The Balaban J connectivity index is 2.26. The molecule has 2 aromatic rings. The van der Waals surface area contributed by atoms with Crippen LogP contribution in [0, 0.1) is 0 Å². The second kappa shape index (κ2) is 5.91. The molecule has 0 spiro atoms. The summed E-state index contributed by atoms with van der Waals surface area (Å²) in [6.45, 7) is 0. The zero-order chi connectivity index (χ0) is 13.0. The van der Waals surface area contributed by atoms with E-state index in [0.717, 1.165) is 11.3 Å². The van der Waals surface area contributed by atoms with Gasteiger partial charge in [-0.05, 0) is 24.3 Å². The van der Waals surface area contributed by atoms with Gasteiger partial charge in [0.1, 0.15) is 11.5 Å². The maximum atomic E-state index is 5.94. The van der Waals surface area contributed by atoms with Gasteiger partial charge in [0.15, 0.2) is 0 Å². The number of nitrogens with two attached hydrogens (primary N) is 1. The number of nitrogens with one attached hydrogen (secondary N) is 1. The van der Waals surface area contributed by atoms with Gasteiger partial charge in [0.2, 0.25) is 0 Å². The molecule has 0 aliphatic rings. The van der Waals surface area contributed by atoms with Gasteiger partial charge in [-0.15, -0.1) is 0 Å². The van der Waals surface area contributed by atoms with E-state index in [-0.39, 0.29) is 6.04 Å².